The standard InChI is InChI=1S/C71H51N3/c1-6-18-52(19-7-1)56-33-41-63(42-34-56)73(64-43-35-57(36-44-64)53-20-8-2-9-21-53)70-51-71(68(50-67(70)60-26-14-5-15-27-60)61-29-31-62(32-30-61)69-28-16-17-49-72-69)74(65-45-37-58(38-46-65)54-22-10-3-11-23-54)66-47-39-59(40-48-66)55-24-12-4-13-25-55/h1-51H. The topological polar surface area (TPSA) is 19.4 Å². The number of hydrogen-bond donors (Lipinski definition) is 0. The summed E-state index contributed by atoms with van der Waals surface area (Å²) in [5, 5.41) is 0. The Kier molecular flexibility index (Phi) is 12.8. The number of aromatic nitrogens is 1. The molecule has 0 spiro atoms. The lowest BCUT2D eigenvalue weighted by molar-refractivity contribution is 1.25. The Bertz CT molecular complexity index is 3570. The SMILES string of the molecule is c1ccc(-c2ccc(N(c3ccc(-c4ccccc4)cc3)c3cc(N(c4ccc(-c5ccccc5)cc4)c4ccc(-c5ccccc5)cc4)c(-c4ccc(-c5ccccn5)cc4)cc3-c3ccccc3)cc2)cc1. The molecule has 0 amide bonds. The Morgan fingerprint density at radius 1 is 0.203 bits per heavy atom. The zero-order valence-corrected chi connectivity index (χ0v) is 40.8. The van der Waals surface area contributed by atoms with Crippen LogP contribution in [0.25, 0.3) is 78.0 Å². The van der Waals surface area contributed by atoms with Gasteiger partial charge in [0.15, 0.2) is 0 Å². The summed E-state index contributed by atoms with van der Waals surface area (Å²) in [6, 6.07) is 109. The summed E-state index contributed by atoms with van der Waals surface area (Å²) < 4.78 is 0. The van der Waals surface area contributed by atoms with Crippen molar-refractivity contribution in [2.45, 2.75) is 0 Å². The second kappa shape index (κ2) is 20.9. The number of rotatable bonds is 13. The van der Waals surface area contributed by atoms with Gasteiger partial charge >= 0.3 is 0 Å². The van der Waals surface area contributed by atoms with E-state index in [4.69, 9.17) is 4.98 Å². The van der Waals surface area contributed by atoms with E-state index in [1.807, 2.05) is 18.3 Å². The van der Waals surface area contributed by atoms with Crippen LogP contribution >= 0.6 is 0 Å². The molecule has 0 unspecified atom stereocenters. The molecule has 12 rings (SSSR count). The smallest absolute Gasteiger partial charge is 0.0701 e. The second-order valence-corrected chi connectivity index (χ2v) is 18.4. The molecule has 0 fully saturated rings. The predicted molar refractivity (Wildman–Crippen MR) is 312 cm³/mol. The Hall–Kier alpha value is -9.83. The molecular weight excluding hydrogens is 895 g/mol. The molecule has 0 saturated carbocycles. The van der Waals surface area contributed by atoms with Crippen LogP contribution < -0.4 is 9.80 Å². The molecule has 0 saturated heterocycles. The van der Waals surface area contributed by atoms with Crippen molar-refractivity contribution in [2.75, 3.05) is 9.80 Å². The van der Waals surface area contributed by atoms with Crippen molar-refractivity contribution in [3.63, 3.8) is 0 Å². The van der Waals surface area contributed by atoms with Gasteiger partial charge in [0.05, 0.1) is 17.1 Å². The molecule has 12 aromatic rings. The Labute approximate surface area is 434 Å². The Morgan fingerprint density at radius 3 is 0.770 bits per heavy atom. The highest BCUT2D eigenvalue weighted by Gasteiger charge is 2.25. The molecule has 3 heteroatoms. The molecule has 0 aliphatic heterocycles. The Balaban J connectivity index is 1.12. The number of benzene rings is 11. The fraction of sp³-hybridized carbons (Fsp3) is 0. The van der Waals surface area contributed by atoms with Crippen LogP contribution in [0.4, 0.5) is 34.1 Å². The molecule has 350 valence electrons. The summed E-state index contributed by atoms with van der Waals surface area (Å²) in [4.78, 5) is 9.57. The molecular formula is C71H51N3. The summed E-state index contributed by atoms with van der Waals surface area (Å²) in [6.07, 6.45) is 1.85. The summed E-state index contributed by atoms with van der Waals surface area (Å²) in [5.41, 5.74) is 21.9. The van der Waals surface area contributed by atoms with Crippen molar-refractivity contribution >= 4 is 34.1 Å². The van der Waals surface area contributed by atoms with Crippen LogP contribution in [0.1, 0.15) is 0 Å². The molecule has 0 aliphatic rings. The lowest BCUT2D eigenvalue weighted by atomic mass is 9.92. The van der Waals surface area contributed by atoms with Gasteiger partial charge in [0.1, 0.15) is 0 Å². The first-order valence-corrected chi connectivity index (χ1v) is 25.2. The zero-order valence-electron chi connectivity index (χ0n) is 40.8. The summed E-state index contributed by atoms with van der Waals surface area (Å²) >= 11 is 0. The third-order valence-corrected chi connectivity index (χ3v) is 13.8. The molecule has 3 nitrogen and oxygen atoms in total. The predicted octanol–water partition coefficient (Wildman–Crippen LogP) is 19.7. The fourth-order valence-electron chi connectivity index (χ4n) is 9.97. The van der Waals surface area contributed by atoms with Gasteiger partial charge in [0.25, 0.3) is 0 Å². The summed E-state index contributed by atoms with van der Waals surface area (Å²) in [7, 11) is 0. The van der Waals surface area contributed by atoms with Gasteiger partial charge in [0.2, 0.25) is 0 Å². The molecule has 74 heavy (non-hydrogen) atoms. The van der Waals surface area contributed by atoms with Crippen LogP contribution in [0.2, 0.25) is 0 Å². The average Bonchev–Trinajstić information content (AvgIpc) is 3.51. The number of hydrogen-bond acceptors (Lipinski definition) is 3. The summed E-state index contributed by atoms with van der Waals surface area (Å²) in [6.45, 7) is 0. The average molecular weight is 946 g/mol. The Morgan fingerprint density at radius 2 is 0.459 bits per heavy atom. The van der Waals surface area contributed by atoms with E-state index in [9.17, 15) is 0 Å². The van der Waals surface area contributed by atoms with E-state index in [0.29, 0.717) is 0 Å². The minimum Gasteiger partial charge on any atom is -0.310 e. The highest BCUT2D eigenvalue weighted by atomic mass is 15.2. The van der Waals surface area contributed by atoms with Crippen molar-refractivity contribution in [2.24, 2.45) is 0 Å². The van der Waals surface area contributed by atoms with Crippen LogP contribution in [0.15, 0.2) is 310 Å². The van der Waals surface area contributed by atoms with Crippen LogP contribution in [-0.2, 0) is 0 Å². The van der Waals surface area contributed by atoms with Gasteiger partial charge in [-0.3, -0.25) is 4.98 Å². The number of nitrogens with zero attached hydrogens (tertiary/aromatic N) is 3. The normalized spacial score (nSPS) is 11.0. The van der Waals surface area contributed by atoms with Crippen molar-refractivity contribution < 1.29 is 0 Å². The second-order valence-electron chi connectivity index (χ2n) is 18.4. The van der Waals surface area contributed by atoms with Crippen LogP contribution in [0, 0.1) is 0 Å². The van der Waals surface area contributed by atoms with Crippen molar-refractivity contribution in [1.82, 2.24) is 4.98 Å². The minimum absolute atomic E-state index is 0.936. The highest BCUT2D eigenvalue weighted by Crippen LogP contribution is 2.50. The molecule has 1 heterocycles. The van der Waals surface area contributed by atoms with Gasteiger partial charge in [-0.1, -0.05) is 231 Å². The molecule has 1 aromatic heterocycles. The maximum absolute atomic E-state index is 4.71. The van der Waals surface area contributed by atoms with Crippen LogP contribution in [-0.4, -0.2) is 4.98 Å². The molecule has 0 bridgehead atoms. The first-order valence-electron chi connectivity index (χ1n) is 25.2. The lowest BCUT2D eigenvalue weighted by Crippen LogP contribution is -2.15. The van der Waals surface area contributed by atoms with Gasteiger partial charge in [-0.25, -0.2) is 0 Å². The third-order valence-electron chi connectivity index (χ3n) is 13.8. The highest BCUT2D eigenvalue weighted by molar-refractivity contribution is 5.99. The number of anilines is 6. The van der Waals surface area contributed by atoms with E-state index in [1.54, 1.807) is 0 Å². The van der Waals surface area contributed by atoms with E-state index in [1.165, 1.54) is 22.3 Å². The summed E-state index contributed by atoms with van der Waals surface area (Å²) in [5.74, 6) is 0. The van der Waals surface area contributed by atoms with E-state index in [-0.39, 0.29) is 0 Å². The van der Waals surface area contributed by atoms with Crippen molar-refractivity contribution in [1.29, 1.82) is 0 Å². The first-order chi connectivity index (χ1) is 36.7. The monoisotopic (exact) mass is 945 g/mol. The van der Waals surface area contributed by atoms with Gasteiger partial charge in [-0.15, -0.1) is 0 Å². The molecule has 11 aromatic carbocycles. The maximum Gasteiger partial charge on any atom is 0.0701 e. The van der Waals surface area contributed by atoms with E-state index in [2.05, 4.69) is 301 Å². The van der Waals surface area contributed by atoms with Crippen molar-refractivity contribution in [3.8, 4) is 78.0 Å². The number of pyridine rings is 1. The largest absolute Gasteiger partial charge is 0.310 e. The molecule has 0 aliphatic carbocycles. The van der Waals surface area contributed by atoms with E-state index >= 15 is 0 Å². The molecule has 0 atom stereocenters. The first kappa shape index (κ1) is 45.3. The van der Waals surface area contributed by atoms with Crippen LogP contribution in [0.3, 0.4) is 0 Å². The fourth-order valence-corrected chi connectivity index (χ4v) is 9.97. The quantitative estimate of drug-likeness (QED) is 0.115. The van der Waals surface area contributed by atoms with E-state index in [0.717, 1.165) is 89.9 Å². The van der Waals surface area contributed by atoms with Crippen LogP contribution in [0.5, 0.6) is 0 Å². The lowest BCUT2D eigenvalue weighted by Gasteiger charge is -2.33. The van der Waals surface area contributed by atoms with Gasteiger partial charge < -0.3 is 9.80 Å². The zero-order chi connectivity index (χ0) is 49.5. The maximum atomic E-state index is 4.71. The minimum atomic E-state index is 0.936. The van der Waals surface area contributed by atoms with Gasteiger partial charge in [-0.05, 0) is 128 Å². The van der Waals surface area contributed by atoms with Gasteiger partial charge in [-0.2, -0.15) is 0 Å². The van der Waals surface area contributed by atoms with Crippen molar-refractivity contribution in [3.05, 3.63) is 310 Å². The molecule has 0 N–H and O–H groups in total. The van der Waals surface area contributed by atoms with Gasteiger partial charge in [0, 0.05) is 45.6 Å². The molecule has 0 radical (unpaired) electrons. The third kappa shape index (κ3) is 9.54. The van der Waals surface area contributed by atoms with E-state index < -0.39 is 0 Å².